The molecule has 1 aromatic heterocycles. The van der Waals surface area contributed by atoms with E-state index in [4.69, 9.17) is 10.5 Å². The summed E-state index contributed by atoms with van der Waals surface area (Å²) < 4.78 is 9.77. The smallest absolute Gasteiger partial charge is 0.248 e. The number of hydrogen-bond donors (Lipinski definition) is 2. The van der Waals surface area contributed by atoms with Gasteiger partial charge in [0.05, 0.1) is 18.2 Å². The predicted octanol–water partition coefficient (Wildman–Crippen LogP) is 6.46. The van der Waals surface area contributed by atoms with Gasteiger partial charge in [0, 0.05) is 47.6 Å². The maximum atomic E-state index is 14.3. The molecule has 2 atom stereocenters. The van der Waals surface area contributed by atoms with E-state index in [1.54, 1.807) is 11.4 Å². The van der Waals surface area contributed by atoms with Gasteiger partial charge in [-0.05, 0) is 92.6 Å². The molecule has 3 heterocycles. The average Bonchev–Trinajstić information content (AvgIpc) is 3.62. The highest BCUT2D eigenvalue weighted by atomic mass is 32.1. The van der Waals surface area contributed by atoms with Gasteiger partial charge in [0.25, 0.3) is 0 Å². The van der Waals surface area contributed by atoms with Gasteiger partial charge in [-0.15, -0.1) is 0 Å². The third-order valence-electron chi connectivity index (χ3n) is 10.4. The number of carbonyl (C=O) groups is 2. The van der Waals surface area contributed by atoms with Crippen LogP contribution in [0.3, 0.4) is 0 Å². The second kappa shape index (κ2) is 11.5. The zero-order valence-corrected chi connectivity index (χ0v) is 27.1. The summed E-state index contributed by atoms with van der Waals surface area (Å²) >= 11 is 3.80. The third-order valence-corrected chi connectivity index (χ3v) is 10.4. The topological polar surface area (TPSA) is 80.8 Å². The summed E-state index contributed by atoms with van der Waals surface area (Å²) in [4.78, 5) is 28.6. The maximum Gasteiger partial charge on any atom is 0.248 e. The fraction of sp³-hybridized carbons (Fsp3) is 0.543. The molecule has 2 N–H and O–H groups in total. The number of thiol groups is 1. The number of methoxy groups -OCH3 is 1. The van der Waals surface area contributed by atoms with Crippen molar-refractivity contribution in [3.05, 3.63) is 53.1 Å². The first-order valence-electron chi connectivity index (χ1n) is 15.9. The Balaban J connectivity index is 0.000000777. The molecule has 0 bridgehead atoms. The molecule has 2 unspecified atom stereocenters. The van der Waals surface area contributed by atoms with E-state index in [9.17, 15) is 9.59 Å². The lowest BCUT2D eigenvalue weighted by atomic mass is 9.81. The van der Waals surface area contributed by atoms with Crippen molar-refractivity contribution in [3.8, 4) is 17.0 Å². The lowest BCUT2D eigenvalue weighted by Gasteiger charge is -2.43. The minimum absolute atomic E-state index is 0.168. The molecule has 4 aliphatic rings. The summed E-state index contributed by atoms with van der Waals surface area (Å²) in [5.74, 6) is 2.52. The highest BCUT2D eigenvalue weighted by Gasteiger charge is 2.64. The van der Waals surface area contributed by atoms with E-state index in [0.29, 0.717) is 29.9 Å². The fourth-order valence-corrected chi connectivity index (χ4v) is 7.85. The lowest BCUT2D eigenvalue weighted by Crippen LogP contribution is -2.54. The van der Waals surface area contributed by atoms with E-state index in [0.717, 1.165) is 30.8 Å². The van der Waals surface area contributed by atoms with E-state index >= 15 is 0 Å². The van der Waals surface area contributed by atoms with Crippen LogP contribution in [0.5, 0.6) is 5.75 Å². The lowest BCUT2D eigenvalue weighted by molar-refractivity contribution is -0.145. The van der Waals surface area contributed by atoms with Crippen LogP contribution in [0.1, 0.15) is 85.7 Å². The van der Waals surface area contributed by atoms with Gasteiger partial charge in [-0.25, -0.2) is 0 Å². The van der Waals surface area contributed by atoms with Gasteiger partial charge >= 0.3 is 0 Å². The summed E-state index contributed by atoms with van der Waals surface area (Å²) in [6, 6.07) is 12.4. The summed E-state index contributed by atoms with van der Waals surface area (Å²) in [6.07, 6.45) is 6.96. The maximum absolute atomic E-state index is 14.3. The molecule has 2 aliphatic heterocycles. The van der Waals surface area contributed by atoms with Crippen molar-refractivity contribution in [1.29, 1.82) is 0 Å². The van der Waals surface area contributed by atoms with Crippen molar-refractivity contribution >= 4 is 35.5 Å². The van der Waals surface area contributed by atoms with Gasteiger partial charge in [-0.3, -0.25) is 13.9 Å². The van der Waals surface area contributed by atoms with E-state index in [-0.39, 0.29) is 11.8 Å². The Morgan fingerprint density at radius 2 is 1.77 bits per heavy atom. The molecule has 230 valence electrons. The highest BCUT2D eigenvalue weighted by molar-refractivity contribution is 7.77. The molecule has 8 heteroatoms. The molecule has 2 aromatic carbocycles. The van der Waals surface area contributed by atoms with Crippen molar-refractivity contribution in [2.75, 3.05) is 34.3 Å². The Morgan fingerprint density at radius 1 is 1.07 bits per heavy atom. The highest BCUT2D eigenvalue weighted by Crippen LogP contribution is 2.66. The molecule has 0 radical (unpaired) electrons. The Kier molecular flexibility index (Phi) is 8.05. The first-order chi connectivity index (χ1) is 20.6. The van der Waals surface area contributed by atoms with Crippen LogP contribution < -0.4 is 10.5 Å². The molecule has 1 saturated heterocycles. The van der Waals surface area contributed by atoms with Gasteiger partial charge in [0.15, 0.2) is 0 Å². The molecule has 2 amide bonds. The Bertz CT molecular complexity index is 1550. The molecule has 7 nitrogen and oxygen atoms in total. The molecule has 7 rings (SSSR count). The third kappa shape index (κ3) is 5.24. The number of likely N-dealkylation sites (tertiary alicyclic amines) is 1. The Labute approximate surface area is 261 Å². The molecular weight excluding hydrogens is 556 g/mol. The van der Waals surface area contributed by atoms with E-state index in [1.807, 2.05) is 26.2 Å². The summed E-state index contributed by atoms with van der Waals surface area (Å²) in [5.41, 5.74) is 11.9. The first kappa shape index (κ1) is 30.1. The van der Waals surface area contributed by atoms with E-state index in [1.165, 1.54) is 59.9 Å². The van der Waals surface area contributed by atoms with Crippen LogP contribution in [-0.4, -0.2) is 59.9 Å². The number of benzene rings is 2. The van der Waals surface area contributed by atoms with Crippen LogP contribution in [0, 0.1) is 17.3 Å². The number of fused-ring (bicyclic) bond motifs is 7. The number of aromatic nitrogens is 1. The summed E-state index contributed by atoms with van der Waals surface area (Å²) in [7, 11) is 5.44. The van der Waals surface area contributed by atoms with Crippen LogP contribution in [-0.2, 0) is 11.3 Å². The van der Waals surface area contributed by atoms with Crippen LogP contribution in [0.15, 0.2) is 36.4 Å². The molecule has 0 spiro atoms. The number of nitrogens with two attached hydrogens (primary N) is 1. The predicted molar refractivity (Wildman–Crippen MR) is 176 cm³/mol. The van der Waals surface area contributed by atoms with Gasteiger partial charge in [0.2, 0.25) is 11.8 Å². The van der Waals surface area contributed by atoms with E-state index < -0.39 is 11.3 Å². The minimum atomic E-state index is -0.465. The SMILES string of the molecule is CN(C)S.COc1ccc2c(c1)C1CC1(C(=O)N1CC(C(C)C)C1)Cn1c-2c(C2CCCCC2)c2ccc(C(N)=O)cc21. The molecule has 43 heavy (non-hydrogen) atoms. The van der Waals surface area contributed by atoms with Crippen molar-refractivity contribution in [2.24, 2.45) is 23.0 Å². The number of rotatable bonds is 5. The zero-order valence-electron chi connectivity index (χ0n) is 26.2. The second-order valence-corrected chi connectivity index (χ2v) is 14.5. The van der Waals surface area contributed by atoms with Gasteiger partial charge in [-0.1, -0.05) is 52.0 Å². The number of hydrogen-bond acceptors (Lipinski definition) is 5. The Morgan fingerprint density at radius 3 is 2.40 bits per heavy atom. The number of nitrogens with zero attached hydrogens (tertiary/aromatic N) is 3. The van der Waals surface area contributed by atoms with Crippen molar-refractivity contribution in [1.82, 2.24) is 13.8 Å². The van der Waals surface area contributed by atoms with Gasteiger partial charge in [0.1, 0.15) is 5.75 Å². The second-order valence-electron chi connectivity index (χ2n) is 13.7. The number of amides is 2. The largest absolute Gasteiger partial charge is 0.497 e. The van der Waals surface area contributed by atoms with Gasteiger partial charge < -0.3 is 19.9 Å². The zero-order chi connectivity index (χ0) is 30.6. The molecule has 2 saturated carbocycles. The fourth-order valence-electron chi connectivity index (χ4n) is 7.85. The average molecular weight is 603 g/mol. The molecule has 3 aromatic rings. The first-order valence-corrected chi connectivity index (χ1v) is 16.3. The summed E-state index contributed by atoms with van der Waals surface area (Å²) in [6.45, 7) is 6.85. The van der Waals surface area contributed by atoms with Crippen LogP contribution in [0.25, 0.3) is 22.2 Å². The van der Waals surface area contributed by atoms with Crippen LogP contribution in [0.2, 0.25) is 0 Å². The summed E-state index contributed by atoms with van der Waals surface area (Å²) in [5, 5.41) is 1.20. The number of carbonyl (C=O) groups excluding carboxylic acids is 2. The minimum Gasteiger partial charge on any atom is -0.497 e. The van der Waals surface area contributed by atoms with Crippen molar-refractivity contribution < 1.29 is 14.3 Å². The molecular formula is C35H46N4O3S. The van der Waals surface area contributed by atoms with Crippen molar-refractivity contribution in [3.63, 3.8) is 0 Å². The normalized spacial score (nSPS) is 23.1. The standard InChI is InChI=1S/C33H39N3O3.C2H7NS/c1-19(2)22-16-35(17-22)32(38)33-15-27(33)26-14-23(39-3)10-12-24(26)30-29(20-7-5-4-6-8-20)25-11-9-21(31(34)37)13-28(25)36(30)18-33;1-3(2)4/h9-14,19-20,22,27H,4-8,15-18H2,1-3H3,(H2,34,37);4H,1-2H3. The van der Waals surface area contributed by atoms with Crippen LogP contribution in [0.4, 0.5) is 0 Å². The van der Waals surface area contributed by atoms with Crippen LogP contribution >= 0.6 is 12.8 Å². The molecule has 2 aliphatic carbocycles. The number of primary amides is 1. The van der Waals surface area contributed by atoms with E-state index in [2.05, 4.69) is 60.4 Å². The number of ether oxygens (including phenoxy) is 1. The Hall–Kier alpha value is -2.97. The molecule has 3 fully saturated rings. The van der Waals surface area contributed by atoms with Crippen molar-refractivity contribution in [2.45, 2.75) is 70.8 Å². The monoisotopic (exact) mass is 602 g/mol. The van der Waals surface area contributed by atoms with Gasteiger partial charge in [-0.2, -0.15) is 0 Å². The quantitative estimate of drug-likeness (QED) is 0.329.